The third-order valence-corrected chi connectivity index (χ3v) is 5.14. The maximum Gasteiger partial charge on any atom is 0.416 e. The van der Waals surface area contributed by atoms with Gasteiger partial charge in [0.1, 0.15) is 5.82 Å². The summed E-state index contributed by atoms with van der Waals surface area (Å²) in [6.45, 7) is 0.603. The van der Waals surface area contributed by atoms with Gasteiger partial charge in [0.2, 0.25) is 5.91 Å². The lowest BCUT2D eigenvalue weighted by atomic mass is 10.1. The van der Waals surface area contributed by atoms with Crippen LogP contribution in [0.5, 0.6) is 0 Å². The molecule has 1 heterocycles. The lowest BCUT2D eigenvalue weighted by Crippen LogP contribution is -2.31. The number of benzene rings is 2. The minimum Gasteiger partial charge on any atom is -0.391 e. The second-order valence-corrected chi connectivity index (χ2v) is 7.52. The number of halogens is 6. The van der Waals surface area contributed by atoms with Gasteiger partial charge in [-0.3, -0.25) is 4.79 Å². The van der Waals surface area contributed by atoms with Crippen LogP contribution in [0.4, 0.5) is 28.9 Å². The Morgan fingerprint density at radius 1 is 1.21 bits per heavy atom. The van der Waals surface area contributed by atoms with Gasteiger partial charge in [-0.1, -0.05) is 23.2 Å². The van der Waals surface area contributed by atoms with Gasteiger partial charge in [-0.25, -0.2) is 4.39 Å². The lowest BCUT2D eigenvalue weighted by molar-refractivity contribution is -0.137. The fourth-order valence-corrected chi connectivity index (χ4v) is 3.61. The first kappa shape index (κ1) is 21.7. The molecule has 10 heteroatoms. The third kappa shape index (κ3) is 5.12. The summed E-state index contributed by atoms with van der Waals surface area (Å²) in [4.78, 5) is 13.8. The van der Waals surface area contributed by atoms with Gasteiger partial charge in [-0.2, -0.15) is 13.2 Å². The Morgan fingerprint density at radius 3 is 2.41 bits per heavy atom. The van der Waals surface area contributed by atoms with Crippen LogP contribution < -0.4 is 5.32 Å². The number of likely N-dealkylation sites (tertiary alicyclic amines) is 1. The first-order valence-corrected chi connectivity index (χ1v) is 9.37. The van der Waals surface area contributed by atoms with Crippen molar-refractivity contribution < 1.29 is 27.5 Å². The number of nitrogens with one attached hydrogen (secondary N) is 1. The van der Waals surface area contributed by atoms with E-state index in [9.17, 15) is 27.5 Å². The SMILES string of the molecule is O=C(Cc1cc(Nc2c(Cl)cc(C(F)(F)F)cc2Cl)ccc1F)N1CCC(O)C1. The average Bonchev–Trinajstić information content (AvgIpc) is 3.06. The number of β-amino-alcohol motifs (C(OH)–C–C–N with tert-alkyl or cyclic N) is 1. The third-order valence-electron chi connectivity index (χ3n) is 4.54. The summed E-state index contributed by atoms with van der Waals surface area (Å²) in [5, 5.41) is 11.8. The van der Waals surface area contributed by atoms with Gasteiger partial charge < -0.3 is 15.3 Å². The van der Waals surface area contributed by atoms with Crippen molar-refractivity contribution >= 4 is 40.5 Å². The van der Waals surface area contributed by atoms with Crippen LogP contribution in [0.25, 0.3) is 0 Å². The number of aliphatic hydroxyl groups is 1. The number of carbonyl (C=O) groups is 1. The van der Waals surface area contributed by atoms with E-state index in [-0.39, 0.29) is 40.2 Å². The summed E-state index contributed by atoms with van der Waals surface area (Å²) in [6.07, 6.45) is -4.93. The Kier molecular flexibility index (Phi) is 6.26. The molecule has 0 aliphatic carbocycles. The molecule has 0 bridgehead atoms. The molecular formula is C19H16Cl2F4N2O2. The molecule has 2 aromatic carbocycles. The van der Waals surface area contributed by atoms with Crippen LogP contribution in [0.2, 0.25) is 10.0 Å². The van der Waals surface area contributed by atoms with Crippen LogP contribution >= 0.6 is 23.2 Å². The van der Waals surface area contributed by atoms with E-state index in [0.29, 0.717) is 18.7 Å². The number of hydrogen-bond acceptors (Lipinski definition) is 3. The molecule has 1 unspecified atom stereocenters. The number of nitrogens with zero attached hydrogens (tertiary/aromatic N) is 1. The standard InChI is InChI=1S/C19H16Cl2F4N2O2/c20-14-7-11(19(23,24)25)8-15(21)18(14)26-12-1-2-16(22)10(5-12)6-17(29)27-4-3-13(28)9-27/h1-2,5,7-8,13,26,28H,3-4,6,9H2. The normalized spacial score (nSPS) is 16.9. The Labute approximate surface area is 174 Å². The topological polar surface area (TPSA) is 52.6 Å². The molecule has 1 fully saturated rings. The zero-order valence-electron chi connectivity index (χ0n) is 14.9. The maximum atomic E-state index is 14.2. The van der Waals surface area contributed by atoms with Crippen molar-refractivity contribution in [2.24, 2.45) is 0 Å². The summed E-state index contributed by atoms with van der Waals surface area (Å²) in [5.41, 5.74) is -0.552. The van der Waals surface area contributed by atoms with Crippen LogP contribution in [0.3, 0.4) is 0 Å². The highest BCUT2D eigenvalue weighted by Gasteiger charge is 2.32. The van der Waals surface area contributed by atoms with Gasteiger partial charge in [0.05, 0.1) is 33.8 Å². The summed E-state index contributed by atoms with van der Waals surface area (Å²) in [5.74, 6) is -0.934. The number of anilines is 2. The molecule has 1 saturated heterocycles. The van der Waals surface area contributed by atoms with E-state index in [1.54, 1.807) is 0 Å². The zero-order valence-corrected chi connectivity index (χ0v) is 16.4. The van der Waals surface area contributed by atoms with Gasteiger partial charge >= 0.3 is 6.18 Å². The number of alkyl halides is 3. The quantitative estimate of drug-likeness (QED) is 0.642. The summed E-state index contributed by atoms with van der Waals surface area (Å²) < 4.78 is 52.7. The number of amides is 1. The Balaban J connectivity index is 1.81. The van der Waals surface area contributed by atoms with Gasteiger partial charge in [-0.15, -0.1) is 0 Å². The van der Waals surface area contributed by atoms with Crippen LogP contribution in [0, 0.1) is 5.82 Å². The minimum absolute atomic E-state index is 0.0351. The molecule has 1 aliphatic rings. The molecule has 29 heavy (non-hydrogen) atoms. The lowest BCUT2D eigenvalue weighted by Gasteiger charge is -2.17. The largest absolute Gasteiger partial charge is 0.416 e. The Bertz CT molecular complexity index is 914. The van der Waals surface area contributed by atoms with E-state index >= 15 is 0 Å². The molecule has 2 aromatic rings. The van der Waals surface area contributed by atoms with Crippen molar-refractivity contribution in [3.63, 3.8) is 0 Å². The second-order valence-electron chi connectivity index (χ2n) is 6.70. The number of rotatable bonds is 4. The minimum atomic E-state index is -4.60. The summed E-state index contributed by atoms with van der Waals surface area (Å²) >= 11 is 11.9. The fourth-order valence-electron chi connectivity index (χ4n) is 3.03. The molecule has 4 nitrogen and oxygen atoms in total. The van der Waals surface area contributed by atoms with Gasteiger partial charge in [0.25, 0.3) is 0 Å². The Hall–Kier alpha value is -2.03. The molecule has 0 radical (unpaired) electrons. The maximum absolute atomic E-state index is 14.2. The molecule has 1 atom stereocenters. The van der Waals surface area contributed by atoms with Gasteiger partial charge in [0.15, 0.2) is 0 Å². The number of hydrogen-bond donors (Lipinski definition) is 2. The van der Waals surface area contributed by atoms with Crippen molar-refractivity contribution in [1.82, 2.24) is 4.90 Å². The molecule has 2 N–H and O–H groups in total. The molecule has 3 rings (SSSR count). The fraction of sp³-hybridized carbons (Fsp3) is 0.316. The van der Waals surface area contributed by atoms with Gasteiger partial charge in [-0.05, 0) is 42.3 Å². The smallest absolute Gasteiger partial charge is 0.391 e. The van der Waals surface area contributed by atoms with E-state index in [4.69, 9.17) is 23.2 Å². The summed E-state index contributed by atoms with van der Waals surface area (Å²) in [7, 11) is 0. The molecule has 0 spiro atoms. The van der Waals surface area contributed by atoms with Crippen molar-refractivity contribution in [2.45, 2.75) is 25.1 Å². The molecule has 1 aliphatic heterocycles. The van der Waals surface area contributed by atoms with E-state index < -0.39 is 23.7 Å². The van der Waals surface area contributed by atoms with Crippen LogP contribution in [-0.4, -0.2) is 35.1 Å². The molecule has 0 aromatic heterocycles. The number of aliphatic hydroxyl groups excluding tert-OH is 1. The molecule has 0 saturated carbocycles. The first-order valence-electron chi connectivity index (χ1n) is 8.62. The molecular weight excluding hydrogens is 435 g/mol. The Morgan fingerprint density at radius 2 is 1.86 bits per heavy atom. The highest BCUT2D eigenvalue weighted by atomic mass is 35.5. The first-order chi connectivity index (χ1) is 13.5. The van der Waals surface area contributed by atoms with Crippen LogP contribution in [-0.2, 0) is 17.4 Å². The van der Waals surface area contributed by atoms with Crippen molar-refractivity contribution in [3.05, 3.63) is 57.3 Å². The highest BCUT2D eigenvalue weighted by molar-refractivity contribution is 6.39. The van der Waals surface area contributed by atoms with Gasteiger partial charge in [0, 0.05) is 18.8 Å². The number of carbonyl (C=O) groups excluding carboxylic acids is 1. The van der Waals surface area contributed by atoms with Crippen molar-refractivity contribution in [2.75, 3.05) is 18.4 Å². The van der Waals surface area contributed by atoms with E-state index in [1.807, 2.05) is 0 Å². The molecule has 156 valence electrons. The van der Waals surface area contributed by atoms with Crippen molar-refractivity contribution in [1.29, 1.82) is 0 Å². The predicted octanol–water partition coefficient (Wildman–Crippen LogP) is 5.03. The average molecular weight is 451 g/mol. The zero-order chi connectivity index (χ0) is 21.3. The highest BCUT2D eigenvalue weighted by Crippen LogP contribution is 2.39. The summed E-state index contributed by atoms with van der Waals surface area (Å²) in [6, 6.07) is 5.33. The van der Waals surface area contributed by atoms with E-state index in [1.165, 1.54) is 17.0 Å². The predicted molar refractivity (Wildman–Crippen MR) is 102 cm³/mol. The van der Waals surface area contributed by atoms with E-state index in [0.717, 1.165) is 18.2 Å². The monoisotopic (exact) mass is 450 g/mol. The van der Waals surface area contributed by atoms with Crippen LogP contribution in [0.1, 0.15) is 17.5 Å². The molecule has 1 amide bonds. The van der Waals surface area contributed by atoms with Crippen LogP contribution in [0.15, 0.2) is 30.3 Å². The second kappa shape index (κ2) is 8.38. The van der Waals surface area contributed by atoms with E-state index in [2.05, 4.69) is 5.32 Å². The van der Waals surface area contributed by atoms with Crippen molar-refractivity contribution in [3.8, 4) is 0 Å².